The van der Waals surface area contributed by atoms with Crippen LogP contribution in [0.2, 0.25) is 0 Å². The van der Waals surface area contributed by atoms with Gasteiger partial charge in [0.05, 0.1) is 19.8 Å². The number of rotatable bonds is 4. The summed E-state index contributed by atoms with van der Waals surface area (Å²) in [5.74, 6) is -0.431. The summed E-state index contributed by atoms with van der Waals surface area (Å²) >= 11 is 0. The first kappa shape index (κ1) is 9.73. The third kappa shape index (κ3) is 2.55. The predicted octanol–water partition coefficient (Wildman–Crippen LogP) is 0.0521. The van der Waals surface area contributed by atoms with Crippen molar-refractivity contribution in [1.29, 1.82) is 0 Å². The molecule has 0 saturated heterocycles. The molecule has 0 spiro atoms. The molecule has 1 N–H and O–H groups in total. The summed E-state index contributed by atoms with van der Waals surface area (Å²) in [6.45, 7) is 2.47. The van der Waals surface area contributed by atoms with Gasteiger partial charge in [-0.15, -0.1) is 0 Å². The van der Waals surface area contributed by atoms with Crippen LogP contribution in [0, 0.1) is 0 Å². The number of aliphatic hydroxyl groups excluding tert-OH is 1. The Morgan fingerprint density at radius 1 is 1.77 bits per heavy atom. The van der Waals surface area contributed by atoms with Gasteiger partial charge in [-0.05, 0) is 13.0 Å². The Balaban J connectivity index is 2.62. The Bertz CT molecular complexity index is 283. The predicted molar refractivity (Wildman–Crippen MR) is 45.3 cm³/mol. The van der Waals surface area contributed by atoms with Gasteiger partial charge >= 0.3 is 5.97 Å². The van der Waals surface area contributed by atoms with Gasteiger partial charge in [-0.1, -0.05) is 0 Å². The summed E-state index contributed by atoms with van der Waals surface area (Å²) in [5.41, 5.74) is 0.273. The quantitative estimate of drug-likeness (QED) is 0.671. The van der Waals surface area contributed by atoms with Gasteiger partial charge in [0.25, 0.3) is 0 Å². The highest BCUT2D eigenvalue weighted by Gasteiger charge is 2.09. The first-order valence-electron chi connectivity index (χ1n) is 4.09. The Hall–Kier alpha value is -1.36. The maximum absolute atomic E-state index is 11.1. The Morgan fingerprint density at radius 3 is 3.15 bits per heavy atom. The number of hydrogen-bond donors (Lipinski definition) is 1. The normalized spacial score (nSPS) is 10.0. The van der Waals surface area contributed by atoms with Crippen molar-refractivity contribution in [2.24, 2.45) is 0 Å². The van der Waals surface area contributed by atoms with E-state index in [1.165, 1.54) is 4.68 Å². The van der Waals surface area contributed by atoms with Crippen LogP contribution in [0.3, 0.4) is 0 Å². The molecule has 13 heavy (non-hydrogen) atoms. The van der Waals surface area contributed by atoms with Gasteiger partial charge in [-0.3, -0.25) is 4.68 Å². The minimum atomic E-state index is -0.431. The topological polar surface area (TPSA) is 64.3 Å². The number of nitrogens with zero attached hydrogens (tertiary/aromatic N) is 2. The molecule has 0 aliphatic heterocycles. The van der Waals surface area contributed by atoms with E-state index in [1.54, 1.807) is 19.2 Å². The first-order chi connectivity index (χ1) is 6.27. The van der Waals surface area contributed by atoms with Crippen molar-refractivity contribution in [3.05, 3.63) is 18.0 Å². The summed E-state index contributed by atoms with van der Waals surface area (Å²) in [6, 6.07) is 1.56. The van der Waals surface area contributed by atoms with Crippen LogP contribution in [0.5, 0.6) is 0 Å². The molecular weight excluding hydrogens is 172 g/mol. The molecule has 0 saturated carbocycles. The SMILES string of the molecule is CCOC(=O)c1ccn(CCO)n1. The maximum atomic E-state index is 11.1. The molecule has 0 aliphatic rings. The zero-order valence-corrected chi connectivity index (χ0v) is 7.43. The van der Waals surface area contributed by atoms with Gasteiger partial charge in [-0.2, -0.15) is 5.10 Å². The van der Waals surface area contributed by atoms with Crippen LogP contribution in [0.1, 0.15) is 17.4 Å². The number of ether oxygens (including phenoxy) is 1. The molecule has 1 aromatic rings. The van der Waals surface area contributed by atoms with Crippen molar-refractivity contribution in [1.82, 2.24) is 9.78 Å². The van der Waals surface area contributed by atoms with E-state index in [4.69, 9.17) is 9.84 Å². The molecule has 0 amide bonds. The van der Waals surface area contributed by atoms with Gasteiger partial charge in [0.1, 0.15) is 0 Å². The lowest BCUT2D eigenvalue weighted by Crippen LogP contribution is -2.08. The number of carbonyl (C=O) groups excluding carboxylic acids is 1. The number of carbonyl (C=O) groups is 1. The molecule has 72 valence electrons. The third-order valence-electron chi connectivity index (χ3n) is 1.45. The molecule has 0 unspecified atom stereocenters. The fraction of sp³-hybridized carbons (Fsp3) is 0.500. The minimum Gasteiger partial charge on any atom is -0.461 e. The van der Waals surface area contributed by atoms with E-state index in [9.17, 15) is 4.79 Å². The lowest BCUT2D eigenvalue weighted by Gasteiger charge is -1.97. The second kappa shape index (κ2) is 4.61. The summed E-state index contributed by atoms with van der Waals surface area (Å²) < 4.78 is 6.23. The third-order valence-corrected chi connectivity index (χ3v) is 1.45. The Labute approximate surface area is 75.9 Å². The number of esters is 1. The van der Waals surface area contributed by atoms with Crippen LogP contribution in [-0.2, 0) is 11.3 Å². The number of aromatic nitrogens is 2. The van der Waals surface area contributed by atoms with Crippen molar-refractivity contribution in [3.63, 3.8) is 0 Å². The minimum absolute atomic E-state index is 0.00391. The standard InChI is InChI=1S/C8H12N2O3/c1-2-13-8(12)7-3-4-10(9-7)5-6-11/h3-4,11H,2,5-6H2,1H3. The van der Waals surface area contributed by atoms with Gasteiger partial charge in [0.2, 0.25) is 0 Å². The molecule has 0 fully saturated rings. The molecule has 0 radical (unpaired) electrons. The van der Waals surface area contributed by atoms with Crippen LogP contribution in [-0.4, -0.2) is 34.1 Å². The van der Waals surface area contributed by atoms with Crippen molar-refractivity contribution in [2.75, 3.05) is 13.2 Å². The molecule has 0 aliphatic carbocycles. The van der Waals surface area contributed by atoms with Crippen LogP contribution in [0.25, 0.3) is 0 Å². The molecule has 1 aromatic heterocycles. The van der Waals surface area contributed by atoms with E-state index in [2.05, 4.69) is 5.10 Å². The average molecular weight is 184 g/mol. The number of aliphatic hydroxyl groups is 1. The fourth-order valence-electron chi connectivity index (χ4n) is 0.903. The average Bonchev–Trinajstić information content (AvgIpc) is 2.54. The summed E-state index contributed by atoms with van der Waals surface area (Å²) in [6.07, 6.45) is 1.63. The van der Waals surface area contributed by atoms with Gasteiger partial charge in [0.15, 0.2) is 5.69 Å². The van der Waals surface area contributed by atoms with Gasteiger partial charge in [0, 0.05) is 6.20 Å². The fourth-order valence-corrected chi connectivity index (χ4v) is 0.903. The van der Waals surface area contributed by atoms with E-state index in [-0.39, 0.29) is 12.3 Å². The highest BCUT2D eigenvalue weighted by molar-refractivity contribution is 5.86. The van der Waals surface area contributed by atoms with Crippen LogP contribution < -0.4 is 0 Å². The van der Waals surface area contributed by atoms with E-state index in [0.29, 0.717) is 13.2 Å². The number of hydrogen-bond acceptors (Lipinski definition) is 4. The van der Waals surface area contributed by atoms with Gasteiger partial charge < -0.3 is 9.84 Å². The van der Waals surface area contributed by atoms with Crippen LogP contribution in [0.15, 0.2) is 12.3 Å². The molecule has 0 atom stereocenters. The highest BCUT2D eigenvalue weighted by Crippen LogP contribution is 1.98. The molecule has 5 nitrogen and oxygen atoms in total. The maximum Gasteiger partial charge on any atom is 0.358 e. The molecule has 1 heterocycles. The van der Waals surface area contributed by atoms with Crippen molar-refractivity contribution in [2.45, 2.75) is 13.5 Å². The Morgan fingerprint density at radius 2 is 2.54 bits per heavy atom. The zero-order valence-electron chi connectivity index (χ0n) is 7.43. The molecule has 0 bridgehead atoms. The molecule has 0 aromatic carbocycles. The van der Waals surface area contributed by atoms with E-state index >= 15 is 0 Å². The highest BCUT2D eigenvalue weighted by atomic mass is 16.5. The molecule has 1 rings (SSSR count). The summed E-state index contributed by atoms with van der Waals surface area (Å²) in [7, 11) is 0. The Kier molecular flexibility index (Phi) is 3.45. The lowest BCUT2D eigenvalue weighted by atomic mass is 10.4. The van der Waals surface area contributed by atoms with Crippen LogP contribution in [0.4, 0.5) is 0 Å². The second-order valence-corrected chi connectivity index (χ2v) is 2.41. The largest absolute Gasteiger partial charge is 0.461 e. The molecular formula is C8H12N2O3. The lowest BCUT2D eigenvalue weighted by molar-refractivity contribution is 0.0518. The van der Waals surface area contributed by atoms with Gasteiger partial charge in [-0.25, -0.2) is 4.79 Å². The molecule has 5 heteroatoms. The monoisotopic (exact) mass is 184 g/mol. The van der Waals surface area contributed by atoms with E-state index < -0.39 is 5.97 Å². The summed E-state index contributed by atoms with van der Waals surface area (Å²) in [4.78, 5) is 11.1. The van der Waals surface area contributed by atoms with Crippen LogP contribution >= 0.6 is 0 Å². The zero-order chi connectivity index (χ0) is 9.68. The smallest absolute Gasteiger partial charge is 0.358 e. The van der Waals surface area contributed by atoms with E-state index in [0.717, 1.165) is 0 Å². The van der Waals surface area contributed by atoms with E-state index in [1.807, 2.05) is 0 Å². The first-order valence-corrected chi connectivity index (χ1v) is 4.09. The van der Waals surface area contributed by atoms with Crippen molar-refractivity contribution >= 4 is 5.97 Å². The van der Waals surface area contributed by atoms with Crippen molar-refractivity contribution in [3.8, 4) is 0 Å². The summed E-state index contributed by atoms with van der Waals surface area (Å²) in [5, 5.41) is 12.5. The van der Waals surface area contributed by atoms with Crippen molar-refractivity contribution < 1.29 is 14.6 Å². The second-order valence-electron chi connectivity index (χ2n) is 2.41.